The zero-order valence-corrected chi connectivity index (χ0v) is 10.6. The van der Waals surface area contributed by atoms with Crippen molar-refractivity contribution in [3.8, 4) is 0 Å². The molecular weight excluding hydrogens is 201 g/mol. The molecule has 0 radical (unpaired) electrons. The van der Waals surface area contributed by atoms with Crippen molar-refractivity contribution in [1.29, 1.82) is 0 Å². The largest absolute Gasteiger partial charge is 1.00 e. The first-order chi connectivity index (χ1) is 4.45. The van der Waals surface area contributed by atoms with Gasteiger partial charge in [0.25, 0.3) is 0 Å². The predicted octanol–water partition coefficient (Wildman–Crippen LogP) is -1.54. The molecule has 62 valence electrons. The molecule has 2 N–H and O–H groups in total. The van der Waals surface area contributed by atoms with Crippen molar-refractivity contribution in [2.24, 2.45) is 5.73 Å². The smallest absolute Gasteiger partial charge is 0.448 e. The minimum Gasteiger partial charge on any atom is -0.448 e. The summed E-state index contributed by atoms with van der Waals surface area (Å²) in [6.07, 6.45) is 0. The molecule has 1 unspecified atom stereocenters. The molecule has 7 heteroatoms. The van der Waals surface area contributed by atoms with Crippen LogP contribution in [0, 0.1) is 0 Å². The Morgan fingerprint density at radius 1 is 1.45 bits per heavy atom. The molecule has 1 nitrogen and oxygen atoms in total. The van der Waals surface area contributed by atoms with Gasteiger partial charge in [-0.3, -0.25) is 0 Å². The summed E-state index contributed by atoms with van der Waals surface area (Å²) >= 11 is 0.861. The molecule has 0 aliphatic rings. The van der Waals surface area contributed by atoms with Crippen molar-refractivity contribution in [2.75, 3.05) is 12.2 Å². The van der Waals surface area contributed by atoms with Gasteiger partial charge in [0.1, 0.15) is 0 Å². The minimum atomic E-state index is -4.63. The summed E-state index contributed by atoms with van der Waals surface area (Å²) in [4.78, 5) is 0. The van der Waals surface area contributed by atoms with Gasteiger partial charge in [0.05, 0.1) is 0 Å². The molecule has 0 heterocycles. The number of hydrogen-bond acceptors (Lipinski definition) is 2. The van der Waals surface area contributed by atoms with Crippen molar-refractivity contribution in [3.63, 3.8) is 0 Å². The summed E-state index contributed by atoms with van der Waals surface area (Å²) in [6, 6.07) is 0. The summed E-state index contributed by atoms with van der Waals surface area (Å²) in [5.74, 6) is 0. The molecule has 1 atom stereocenters. The summed E-state index contributed by atoms with van der Waals surface area (Å²) in [6.45, 7) is -2.64. The molecule has 0 spiro atoms. The molecule has 0 saturated carbocycles. The number of halogens is 3. The van der Waals surface area contributed by atoms with Gasteiger partial charge in [-0.25, -0.2) is 0 Å². The quantitative estimate of drug-likeness (QED) is 0.570. The van der Waals surface area contributed by atoms with Gasteiger partial charge in [0, 0.05) is 11.8 Å². The van der Waals surface area contributed by atoms with E-state index in [-0.39, 0.29) is 56.6 Å². The summed E-state index contributed by atoms with van der Waals surface area (Å²) in [7, 11) is 0. The second kappa shape index (κ2) is 7.23. The maximum absolute atomic E-state index is 11.6. The Labute approximate surface area is 112 Å². The molecule has 0 aromatic carbocycles. The standard InChI is InChI=1S/C4H10BF3NS.K/c1-4(2-9)10-3-5(6,7)8;/h4H,2-3,9H2,1H3;/q-1;+1. The van der Waals surface area contributed by atoms with Crippen LogP contribution in [0.1, 0.15) is 6.92 Å². The van der Waals surface area contributed by atoms with E-state index in [0.717, 1.165) is 11.8 Å². The predicted molar refractivity (Wildman–Crippen MR) is 40.1 cm³/mol. The van der Waals surface area contributed by atoms with E-state index in [1.165, 1.54) is 0 Å². The van der Waals surface area contributed by atoms with Gasteiger partial charge in [-0.2, -0.15) is 11.8 Å². The summed E-state index contributed by atoms with van der Waals surface area (Å²) < 4.78 is 34.7. The van der Waals surface area contributed by atoms with Crippen molar-refractivity contribution in [1.82, 2.24) is 0 Å². The molecule has 0 aromatic rings. The second-order valence-corrected chi connectivity index (χ2v) is 3.56. The van der Waals surface area contributed by atoms with Crippen LogP contribution in [0.5, 0.6) is 0 Å². The maximum Gasteiger partial charge on any atom is 1.00 e. The van der Waals surface area contributed by atoms with Crippen LogP contribution in [0.4, 0.5) is 12.9 Å². The Hall–Kier alpha value is 1.80. The molecule has 0 bridgehead atoms. The average molecular weight is 211 g/mol. The number of nitrogens with two attached hydrogens (primary N) is 1. The third-order valence-electron chi connectivity index (χ3n) is 0.902. The van der Waals surface area contributed by atoms with Crippen molar-refractivity contribution in [3.05, 3.63) is 0 Å². The molecular formula is C4H10BF3KNS. The van der Waals surface area contributed by atoms with E-state index < -0.39 is 12.6 Å². The molecule has 0 amide bonds. The fourth-order valence-corrected chi connectivity index (χ4v) is 1.02. The van der Waals surface area contributed by atoms with Crippen LogP contribution in [-0.4, -0.2) is 24.4 Å². The normalized spacial score (nSPS) is 13.9. The van der Waals surface area contributed by atoms with Gasteiger partial charge in [-0.15, -0.1) is 0 Å². The van der Waals surface area contributed by atoms with Gasteiger partial charge in [0.15, 0.2) is 0 Å². The Kier molecular flexibility index (Phi) is 10.0. The first-order valence-electron chi connectivity index (χ1n) is 2.98. The molecule has 0 fully saturated rings. The minimum absolute atomic E-state index is 0. The van der Waals surface area contributed by atoms with Crippen LogP contribution in [0.15, 0.2) is 0 Å². The molecule has 0 rings (SSSR count). The van der Waals surface area contributed by atoms with Crippen LogP contribution in [-0.2, 0) is 0 Å². The fraction of sp³-hybridized carbons (Fsp3) is 1.00. The SMILES string of the molecule is CC(CN)SC[B-](F)(F)F.[K+]. The van der Waals surface area contributed by atoms with Gasteiger partial charge >= 0.3 is 58.4 Å². The van der Waals surface area contributed by atoms with Crippen LogP contribution < -0.4 is 57.1 Å². The van der Waals surface area contributed by atoms with E-state index >= 15 is 0 Å². The summed E-state index contributed by atoms with van der Waals surface area (Å²) in [5.41, 5.74) is 4.38. The molecule has 0 aliphatic heterocycles. The second-order valence-electron chi connectivity index (χ2n) is 2.09. The maximum atomic E-state index is 11.6. The van der Waals surface area contributed by atoms with Crippen LogP contribution >= 0.6 is 11.8 Å². The number of hydrogen-bond donors (Lipinski definition) is 1. The Balaban J connectivity index is 0. The number of rotatable bonds is 4. The Morgan fingerprint density at radius 3 is 2.18 bits per heavy atom. The van der Waals surface area contributed by atoms with Gasteiger partial charge in [-0.1, -0.05) is 6.92 Å². The third-order valence-corrected chi connectivity index (χ3v) is 2.23. The summed E-state index contributed by atoms with van der Waals surface area (Å²) in [5, 5.41) is -0.0940. The topological polar surface area (TPSA) is 26.0 Å². The molecule has 0 aliphatic carbocycles. The van der Waals surface area contributed by atoms with Crippen LogP contribution in [0.3, 0.4) is 0 Å². The first-order valence-corrected chi connectivity index (χ1v) is 4.03. The van der Waals surface area contributed by atoms with E-state index in [1.54, 1.807) is 6.92 Å². The van der Waals surface area contributed by atoms with E-state index in [2.05, 4.69) is 0 Å². The van der Waals surface area contributed by atoms with Gasteiger partial charge in [-0.05, 0) is 5.65 Å². The first kappa shape index (κ1) is 15.3. The average Bonchev–Trinajstić information content (AvgIpc) is 1.81. The van der Waals surface area contributed by atoms with E-state index in [1.807, 2.05) is 0 Å². The van der Waals surface area contributed by atoms with Gasteiger partial charge in [0.2, 0.25) is 0 Å². The van der Waals surface area contributed by atoms with E-state index in [9.17, 15) is 12.9 Å². The van der Waals surface area contributed by atoms with Crippen molar-refractivity contribution >= 4 is 18.7 Å². The van der Waals surface area contributed by atoms with Crippen molar-refractivity contribution in [2.45, 2.75) is 12.2 Å². The molecule has 11 heavy (non-hydrogen) atoms. The Bertz CT molecular complexity index is 102. The van der Waals surface area contributed by atoms with Crippen LogP contribution in [0.2, 0.25) is 0 Å². The zero-order chi connectivity index (χ0) is 8.20. The molecule has 0 aromatic heterocycles. The van der Waals surface area contributed by atoms with Crippen LogP contribution in [0.25, 0.3) is 0 Å². The van der Waals surface area contributed by atoms with E-state index in [4.69, 9.17) is 5.73 Å². The molecule has 0 saturated heterocycles. The van der Waals surface area contributed by atoms with Crippen molar-refractivity contribution < 1.29 is 64.3 Å². The zero-order valence-electron chi connectivity index (χ0n) is 6.69. The van der Waals surface area contributed by atoms with Gasteiger partial charge < -0.3 is 18.7 Å². The monoisotopic (exact) mass is 211 g/mol. The fourth-order valence-electron chi connectivity index (χ4n) is 0.341. The third kappa shape index (κ3) is 11.8. The van der Waals surface area contributed by atoms with E-state index in [0.29, 0.717) is 6.54 Å². The number of thioether (sulfide) groups is 1. The Morgan fingerprint density at radius 2 is 1.91 bits per heavy atom.